The second-order valence-electron chi connectivity index (χ2n) is 7.23. The lowest BCUT2D eigenvalue weighted by atomic mass is 9.93. The maximum absolute atomic E-state index is 12.8. The van der Waals surface area contributed by atoms with Gasteiger partial charge in [-0.3, -0.25) is 9.59 Å². The molecule has 5 nitrogen and oxygen atoms in total. The van der Waals surface area contributed by atoms with Crippen LogP contribution in [0, 0.1) is 12.3 Å². The van der Waals surface area contributed by atoms with Gasteiger partial charge >= 0.3 is 0 Å². The highest BCUT2D eigenvalue weighted by molar-refractivity contribution is 6.05. The van der Waals surface area contributed by atoms with Gasteiger partial charge in [0.15, 0.2) is 0 Å². The molecule has 2 aromatic rings. The van der Waals surface area contributed by atoms with Crippen LogP contribution in [0.4, 0.5) is 11.4 Å². The monoisotopic (exact) mass is 352 g/mol. The van der Waals surface area contributed by atoms with Crippen LogP contribution in [-0.2, 0) is 4.79 Å². The molecule has 136 valence electrons. The fourth-order valence-electron chi connectivity index (χ4n) is 3.03. The molecule has 0 saturated heterocycles. The van der Waals surface area contributed by atoms with Crippen LogP contribution in [0.15, 0.2) is 42.5 Å². The number of nitrogens with one attached hydrogen (secondary N) is 1. The lowest BCUT2D eigenvalue weighted by Gasteiger charge is -2.27. The second kappa shape index (κ2) is 6.83. The van der Waals surface area contributed by atoms with E-state index in [2.05, 4.69) is 5.32 Å². The molecule has 0 atom stereocenters. The minimum atomic E-state index is -0.597. The third-order valence-corrected chi connectivity index (χ3v) is 4.52. The number of hydrogen-bond acceptors (Lipinski definition) is 3. The summed E-state index contributed by atoms with van der Waals surface area (Å²) < 4.78 is 5.85. The van der Waals surface area contributed by atoms with Crippen LogP contribution in [0.3, 0.4) is 0 Å². The van der Waals surface area contributed by atoms with Crippen LogP contribution >= 0.6 is 0 Å². The Balaban J connectivity index is 1.91. The van der Waals surface area contributed by atoms with Gasteiger partial charge < -0.3 is 15.0 Å². The number of nitrogens with zero attached hydrogens (tertiary/aromatic N) is 1. The number of fused-ring (bicyclic) bond motifs is 1. The molecular weight excluding hydrogens is 328 g/mol. The fraction of sp³-hybridized carbons (Fsp3) is 0.333. The summed E-state index contributed by atoms with van der Waals surface area (Å²) in [4.78, 5) is 27.0. The predicted molar refractivity (Wildman–Crippen MR) is 103 cm³/mol. The van der Waals surface area contributed by atoms with Crippen molar-refractivity contribution in [2.75, 3.05) is 23.4 Å². The maximum Gasteiger partial charge on any atom is 0.255 e. The van der Waals surface area contributed by atoms with E-state index in [0.29, 0.717) is 35.8 Å². The Morgan fingerprint density at radius 3 is 2.69 bits per heavy atom. The van der Waals surface area contributed by atoms with Crippen molar-refractivity contribution in [2.24, 2.45) is 5.41 Å². The van der Waals surface area contributed by atoms with Gasteiger partial charge in [-0.1, -0.05) is 17.7 Å². The van der Waals surface area contributed by atoms with Crippen LogP contribution in [0.2, 0.25) is 0 Å². The highest BCUT2D eigenvalue weighted by Gasteiger charge is 2.37. The number of amides is 2. The first-order chi connectivity index (χ1) is 12.3. The van der Waals surface area contributed by atoms with Crippen molar-refractivity contribution >= 4 is 23.2 Å². The Bertz CT molecular complexity index is 858. The van der Waals surface area contributed by atoms with E-state index >= 15 is 0 Å². The summed E-state index contributed by atoms with van der Waals surface area (Å²) in [5, 5.41) is 2.90. The molecule has 5 heteroatoms. The Labute approximate surface area is 154 Å². The van der Waals surface area contributed by atoms with E-state index in [-0.39, 0.29) is 11.8 Å². The lowest BCUT2D eigenvalue weighted by molar-refractivity contribution is -0.127. The van der Waals surface area contributed by atoms with E-state index in [9.17, 15) is 9.59 Å². The number of carbonyl (C=O) groups is 2. The summed E-state index contributed by atoms with van der Waals surface area (Å²) in [5.74, 6) is 0.484. The summed E-state index contributed by atoms with van der Waals surface area (Å²) >= 11 is 0. The van der Waals surface area contributed by atoms with Crippen molar-refractivity contribution < 1.29 is 14.3 Å². The summed E-state index contributed by atoms with van der Waals surface area (Å²) in [6, 6.07) is 12.8. The van der Waals surface area contributed by atoms with Gasteiger partial charge in [-0.2, -0.15) is 0 Å². The quantitative estimate of drug-likeness (QED) is 0.908. The minimum absolute atomic E-state index is 0.0147. The molecule has 0 aliphatic carbocycles. The van der Waals surface area contributed by atoms with Crippen LogP contribution in [-0.4, -0.2) is 25.0 Å². The molecule has 1 aliphatic heterocycles. The molecule has 0 spiro atoms. The predicted octanol–water partition coefficient (Wildman–Crippen LogP) is 4.02. The van der Waals surface area contributed by atoms with Crippen molar-refractivity contribution in [2.45, 2.75) is 27.7 Å². The molecule has 0 saturated carbocycles. The Morgan fingerprint density at radius 2 is 2.00 bits per heavy atom. The molecule has 1 aliphatic rings. The van der Waals surface area contributed by atoms with Gasteiger partial charge in [0.2, 0.25) is 5.91 Å². The largest absolute Gasteiger partial charge is 0.490 e. The average molecular weight is 352 g/mol. The van der Waals surface area contributed by atoms with Crippen molar-refractivity contribution in [3.63, 3.8) is 0 Å². The third-order valence-electron chi connectivity index (χ3n) is 4.52. The average Bonchev–Trinajstić information content (AvgIpc) is 2.70. The van der Waals surface area contributed by atoms with Crippen molar-refractivity contribution in [3.05, 3.63) is 53.6 Å². The van der Waals surface area contributed by atoms with E-state index in [1.165, 1.54) is 0 Å². The lowest BCUT2D eigenvalue weighted by Crippen LogP contribution is -2.42. The molecule has 0 bridgehead atoms. The van der Waals surface area contributed by atoms with Gasteiger partial charge in [-0.25, -0.2) is 0 Å². The molecular formula is C21H24N2O3. The molecule has 1 N–H and O–H groups in total. The Morgan fingerprint density at radius 1 is 1.23 bits per heavy atom. The van der Waals surface area contributed by atoms with Gasteiger partial charge in [0.25, 0.3) is 5.91 Å². The number of hydrogen-bond donors (Lipinski definition) is 1. The number of rotatable bonds is 3. The molecule has 0 aromatic heterocycles. The van der Waals surface area contributed by atoms with E-state index in [1.54, 1.807) is 29.2 Å². The highest BCUT2D eigenvalue weighted by atomic mass is 16.5. The Kier molecular flexibility index (Phi) is 4.72. The third kappa shape index (κ3) is 3.43. The minimum Gasteiger partial charge on any atom is -0.490 e. The molecule has 0 radical (unpaired) electrons. The van der Waals surface area contributed by atoms with E-state index in [1.807, 2.05) is 45.9 Å². The standard InChI is InChI=1S/C21H24N2O3/c1-5-23-17-12-16(22-19(24)15-8-6-7-14(2)11-15)9-10-18(17)26-13-21(3,4)20(23)25/h6-12H,5,13H2,1-4H3,(H,22,24). The SMILES string of the molecule is CCN1C(=O)C(C)(C)COc2ccc(NC(=O)c3cccc(C)c3)cc21. The first kappa shape index (κ1) is 18.0. The van der Waals surface area contributed by atoms with Gasteiger partial charge in [0.05, 0.1) is 11.1 Å². The van der Waals surface area contributed by atoms with Crippen molar-refractivity contribution in [1.29, 1.82) is 0 Å². The fourth-order valence-corrected chi connectivity index (χ4v) is 3.03. The molecule has 2 aromatic carbocycles. The van der Waals surface area contributed by atoms with Crippen LogP contribution in [0.5, 0.6) is 5.75 Å². The van der Waals surface area contributed by atoms with Crippen molar-refractivity contribution in [3.8, 4) is 5.75 Å². The highest BCUT2D eigenvalue weighted by Crippen LogP contribution is 2.38. The summed E-state index contributed by atoms with van der Waals surface area (Å²) in [6.07, 6.45) is 0. The zero-order valence-corrected chi connectivity index (χ0v) is 15.6. The summed E-state index contributed by atoms with van der Waals surface area (Å²) in [5.41, 5.74) is 2.34. The normalized spacial score (nSPS) is 15.7. The van der Waals surface area contributed by atoms with Gasteiger partial charge in [0.1, 0.15) is 12.4 Å². The van der Waals surface area contributed by atoms with Gasteiger partial charge in [-0.05, 0) is 58.0 Å². The molecule has 2 amide bonds. The zero-order chi connectivity index (χ0) is 18.9. The van der Waals surface area contributed by atoms with Gasteiger partial charge in [0, 0.05) is 17.8 Å². The maximum atomic E-state index is 12.8. The second-order valence-corrected chi connectivity index (χ2v) is 7.23. The first-order valence-corrected chi connectivity index (χ1v) is 8.78. The number of aryl methyl sites for hydroxylation is 1. The van der Waals surface area contributed by atoms with E-state index in [4.69, 9.17) is 4.74 Å². The molecule has 0 fully saturated rings. The Hall–Kier alpha value is -2.82. The number of ether oxygens (including phenoxy) is 1. The van der Waals surface area contributed by atoms with E-state index < -0.39 is 5.41 Å². The number of benzene rings is 2. The molecule has 26 heavy (non-hydrogen) atoms. The number of carbonyl (C=O) groups excluding carboxylic acids is 2. The van der Waals surface area contributed by atoms with Crippen molar-refractivity contribution in [1.82, 2.24) is 0 Å². The molecule has 0 unspecified atom stereocenters. The van der Waals surface area contributed by atoms with Crippen LogP contribution < -0.4 is 15.0 Å². The van der Waals surface area contributed by atoms with E-state index in [0.717, 1.165) is 5.56 Å². The topological polar surface area (TPSA) is 58.6 Å². The summed E-state index contributed by atoms with van der Waals surface area (Å²) in [7, 11) is 0. The van der Waals surface area contributed by atoms with Crippen LogP contribution in [0.25, 0.3) is 0 Å². The first-order valence-electron chi connectivity index (χ1n) is 8.78. The van der Waals surface area contributed by atoms with Crippen LogP contribution in [0.1, 0.15) is 36.7 Å². The zero-order valence-electron chi connectivity index (χ0n) is 15.6. The molecule has 1 heterocycles. The number of anilines is 2. The van der Waals surface area contributed by atoms with Gasteiger partial charge in [-0.15, -0.1) is 0 Å². The summed E-state index contributed by atoms with van der Waals surface area (Å²) in [6.45, 7) is 8.50. The molecule has 3 rings (SSSR count). The smallest absolute Gasteiger partial charge is 0.255 e.